The molecular formula is C18H34N4O2. The van der Waals surface area contributed by atoms with E-state index in [4.69, 9.17) is 10.8 Å². The Morgan fingerprint density at radius 3 is 2.29 bits per heavy atom. The molecule has 0 aromatic heterocycles. The third-order valence-corrected chi connectivity index (χ3v) is 6.64. The molecular weight excluding hydrogens is 304 g/mol. The van der Waals surface area contributed by atoms with Crippen molar-refractivity contribution in [3.63, 3.8) is 0 Å². The van der Waals surface area contributed by atoms with Crippen molar-refractivity contribution in [2.75, 3.05) is 26.2 Å². The van der Waals surface area contributed by atoms with Crippen LogP contribution in [0.5, 0.6) is 0 Å². The van der Waals surface area contributed by atoms with Gasteiger partial charge in [0.1, 0.15) is 0 Å². The summed E-state index contributed by atoms with van der Waals surface area (Å²) in [4.78, 5) is 15.3. The average Bonchev–Trinajstić information content (AvgIpc) is 2.58. The molecule has 2 atom stereocenters. The van der Waals surface area contributed by atoms with E-state index < -0.39 is 6.09 Å². The minimum atomic E-state index is -0.774. The van der Waals surface area contributed by atoms with Crippen LogP contribution in [0.4, 0.5) is 4.79 Å². The number of hydrogen-bond acceptors (Lipinski definition) is 4. The molecule has 0 aromatic carbocycles. The lowest BCUT2D eigenvalue weighted by Crippen LogP contribution is -2.59. The van der Waals surface area contributed by atoms with Crippen LogP contribution in [0.15, 0.2) is 0 Å². The predicted octanol–water partition coefficient (Wildman–Crippen LogP) is 1.84. The molecule has 4 N–H and O–H groups in total. The monoisotopic (exact) mass is 338 g/mol. The van der Waals surface area contributed by atoms with E-state index in [0.717, 1.165) is 32.4 Å². The molecule has 0 spiro atoms. The Hall–Kier alpha value is -0.850. The first-order valence-corrected chi connectivity index (χ1v) is 9.72. The van der Waals surface area contributed by atoms with Crippen molar-refractivity contribution in [2.45, 2.75) is 82.0 Å². The van der Waals surface area contributed by atoms with E-state index >= 15 is 0 Å². The molecule has 3 rings (SSSR count). The van der Waals surface area contributed by atoms with Crippen LogP contribution in [0.25, 0.3) is 0 Å². The standard InChI is InChI=1S/C18H34N4O2/c1-18(8-12-21(13-9-18)17(23)24)22-10-6-14(7-11-22)20-16-5-3-2-4-15(16)19/h14-16,20H,2-13,19H2,1H3,(H,23,24)/t15-,16-/m0/s1. The van der Waals surface area contributed by atoms with Crippen LogP contribution in [-0.2, 0) is 0 Å². The number of nitrogens with one attached hydrogen (secondary N) is 1. The molecule has 0 bridgehead atoms. The third kappa shape index (κ3) is 4.03. The highest BCUT2D eigenvalue weighted by molar-refractivity contribution is 5.65. The minimum Gasteiger partial charge on any atom is -0.465 e. The number of nitrogens with zero attached hydrogens (tertiary/aromatic N) is 2. The molecule has 0 radical (unpaired) electrons. The maximum atomic E-state index is 11.1. The molecule has 24 heavy (non-hydrogen) atoms. The zero-order valence-corrected chi connectivity index (χ0v) is 15.0. The van der Waals surface area contributed by atoms with E-state index in [-0.39, 0.29) is 5.54 Å². The summed E-state index contributed by atoms with van der Waals surface area (Å²) in [7, 11) is 0. The molecule has 2 heterocycles. The predicted molar refractivity (Wildman–Crippen MR) is 95.2 cm³/mol. The number of amides is 1. The smallest absolute Gasteiger partial charge is 0.407 e. The van der Waals surface area contributed by atoms with E-state index in [0.29, 0.717) is 31.2 Å². The summed E-state index contributed by atoms with van der Waals surface area (Å²) in [6.07, 6.45) is 8.47. The SMILES string of the molecule is CC1(N2CCC(N[C@H]3CCCC[C@@H]3N)CC2)CCN(C(=O)O)CC1. The van der Waals surface area contributed by atoms with Crippen LogP contribution < -0.4 is 11.1 Å². The van der Waals surface area contributed by atoms with Gasteiger partial charge in [-0.1, -0.05) is 12.8 Å². The van der Waals surface area contributed by atoms with Gasteiger partial charge in [0.2, 0.25) is 0 Å². The Kier molecular flexibility index (Phi) is 5.67. The van der Waals surface area contributed by atoms with Gasteiger partial charge in [0, 0.05) is 49.8 Å². The van der Waals surface area contributed by atoms with Crippen LogP contribution in [-0.4, -0.2) is 70.8 Å². The van der Waals surface area contributed by atoms with Crippen LogP contribution >= 0.6 is 0 Å². The van der Waals surface area contributed by atoms with Crippen molar-refractivity contribution >= 4 is 6.09 Å². The van der Waals surface area contributed by atoms with Gasteiger partial charge in [0.05, 0.1) is 0 Å². The molecule has 3 aliphatic rings. The highest BCUT2D eigenvalue weighted by atomic mass is 16.4. The zero-order valence-electron chi connectivity index (χ0n) is 15.0. The highest BCUT2D eigenvalue weighted by Gasteiger charge is 2.38. The van der Waals surface area contributed by atoms with Gasteiger partial charge >= 0.3 is 6.09 Å². The summed E-state index contributed by atoms with van der Waals surface area (Å²) in [6.45, 7) is 5.88. The number of nitrogens with two attached hydrogens (primary N) is 1. The lowest BCUT2D eigenvalue weighted by Gasteiger charge is -2.49. The lowest BCUT2D eigenvalue weighted by molar-refractivity contribution is 0.0164. The van der Waals surface area contributed by atoms with Crippen LogP contribution in [0, 0.1) is 0 Å². The lowest BCUT2D eigenvalue weighted by atomic mass is 9.85. The molecule has 6 nitrogen and oxygen atoms in total. The molecule has 6 heteroatoms. The Balaban J connectivity index is 1.45. The van der Waals surface area contributed by atoms with Gasteiger partial charge in [-0.05, 0) is 45.4 Å². The van der Waals surface area contributed by atoms with Crippen molar-refractivity contribution in [3.05, 3.63) is 0 Å². The van der Waals surface area contributed by atoms with Crippen LogP contribution in [0.2, 0.25) is 0 Å². The quantitative estimate of drug-likeness (QED) is 0.731. The van der Waals surface area contributed by atoms with E-state index in [1.54, 1.807) is 4.90 Å². The second-order valence-corrected chi connectivity index (χ2v) is 8.25. The Bertz CT molecular complexity index is 429. The first kappa shape index (κ1) is 18.0. The largest absolute Gasteiger partial charge is 0.465 e. The van der Waals surface area contributed by atoms with Gasteiger partial charge in [0.15, 0.2) is 0 Å². The number of carbonyl (C=O) groups is 1. The first-order chi connectivity index (χ1) is 11.5. The summed E-state index contributed by atoms with van der Waals surface area (Å²) in [6, 6.07) is 1.43. The van der Waals surface area contributed by atoms with Crippen molar-refractivity contribution in [1.29, 1.82) is 0 Å². The summed E-state index contributed by atoms with van der Waals surface area (Å²) >= 11 is 0. The molecule has 1 saturated carbocycles. The van der Waals surface area contributed by atoms with Gasteiger partial charge in [0.25, 0.3) is 0 Å². The molecule has 3 fully saturated rings. The van der Waals surface area contributed by atoms with Crippen LogP contribution in [0.1, 0.15) is 58.3 Å². The molecule has 1 aliphatic carbocycles. The fourth-order valence-electron chi connectivity index (χ4n) is 4.75. The number of carboxylic acid groups (broad SMARTS) is 1. The second kappa shape index (κ2) is 7.58. The third-order valence-electron chi connectivity index (χ3n) is 6.64. The van der Waals surface area contributed by atoms with E-state index in [9.17, 15) is 4.79 Å². The second-order valence-electron chi connectivity index (χ2n) is 8.25. The maximum absolute atomic E-state index is 11.1. The molecule has 2 aliphatic heterocycles. The summed E-state index contributed by atoms with van der Waals surface area (Å²) in [5, 5.41) is 13.0. The molecule has 138 valence electrons. The van der Waals surface area contributed by atoms with Gasteiger partial charge in [-0.3, -0.25) is 4.90 Å². The summed E-state index contributed by atoms with van der Waals surface area (Å²) < 4.78 is 0. The van der Waals surface area contributed by atoms with Crippen LogP contribution in [0.3, 0.4) is 0 Å². The van der Waals surface area contributed by atoms with Crippen molar-refractivity contribution in [3.8, 4) is 0 Å². The summed E-state index contributed by atoms with van der Waals surface area (Å²) in [5.74, 6) is 0. The van der Waals surface area contributed by atoms with Gasteiger partial charge in [-0.15, -0.1) is 0 Å². The molecule has 0 aromatic rings. The van der Waals surface area contributed by atoms with Gasteiger partial charge in [-0.25, -0.2) is 4.79 Å². The topological polar surface area (TPSA) is 81.8 Å². The fourth-order valence-corrected chi connectivity index (χ4v) is 4.75. The molecule has 1 amide bonds. The molecule has 0 unspecified atom stereocenters. The average molecular weight is 338 g/mol. The Morgan fingerprint density at radius 2 is 1.71 bits per heavy atom. The highest BCUT2D eigenvalue weighted by Crippen LogP contribution is 2.31. The maximum Gasteiger partial charge on any atom is 0.407 e. The number of piperidine rings is 2. The first-order valence-electron chi connectivity index (χ1n) is 9.72. The number of rotatable bonds is 3. The van der Waals surface area contributed by atoms with E-state index in [1.807, 2.05) is 0 Å². The summed E-state index contributed by atoms with van der Waals surface area (Å²) in [5.41, 5.74) is 6.44. The van der Waals surface area contributed by atoms with Crippen molar-refractivity contribution in [2.24, 2.45) is 5.73 Å². The van der Waals surface area contributed by atoms with Crippen molar-refractivity contribution in [1.82, 2.24) is 15.1 Å². The number of likely N-dealkylation sites (tertiary alicyclic amines) is 2. The fraction of sp³-hybridized carbons (Fsp3) is 0.944. The van der Waals surface area contributed by atoms with E-state index in [1.165, 1.54) is 32.1 Å². The van der Waals surface area contributed by atoms with Crippen molar-refractivity contribution < 1.29 is 9.90 Å². The van der Waals surface area contributed by atoms with Gasteiger partial charge < -0.3 is 21.1 Å². The normalized spacial score (nSPS) is 32.7. The van der Waals surface area contributed by atoms with Gasteiger partial charge in [-0.2, -0.15) is 0 Å². The Morgan fingerprint density at radius 1 is 1.08 bits per heavy atom. The minimum absolute atomic E-state index is 0.165. The number of hydrogen-bond donors (Lipinski definition) is 3. The zero-order chi connectivity index (χ0) is 17.2. The Labute approximate surface area is 145 Å². The van der Waals surface area contributed by atoms with E-state index in [2.05, 4.69) is 17.1 Å². The molecule has 2 saturated heterocycles.